The number of unbranched alkanes of at least 4 members (excludes halogenated alkanes) is 2. The van der Waals surface area contributed by atoms with Gasteiger partial charge < -0.3 is 11.1 Å². The van der Waals surface area contributed by atoms with Crippen molar-refractivity contribution >= 4 is 0 Å². The summed E-state index contributed by atoms with van der Waals surface area (Å²) in [5, 5.41) is 3.58. The maximum atomic E-state index is 6.03. The minimum atomic E-state index is 0.412. The summed E-state index contributed by atoms with van der Waals surface area (Å²) in [5.41, 5.74) is 6.03. The lowest BCUT2D eigenvalue weighted by Gasteiger charge is -2.29. The molecule has 0 unspecified atom stereocenters. The van der Waals surface area contributed by atoms with Gasteiger partial charge in [0.25, 0.3) is 0 Å². The highest BCUT2D eigenvalue weighted by Crippen LogP contribution is 2.16. The van der Waals surface area contributed by atoms with Crippen molar-refractivity contribution in [3.8, 4) is 0 Å². The second kappa shape index (κ2) is 6.39. The molecule has 0 spiro atoms. The lowest BCUT2D eigenvalue weighted by Crippen LogP contribution is -2.47. The Morgan fingerprint density at radius 3 is 2.69 bits per heavy atom. The van der Waals surface area contributed by atoms with Crippen LogP contribution in [-0.2, 0) is 0 Å². The molecule has 2 heteroatoms. The first-order valence-corrected chi connectivity index (χ1v) is 5.83. The van der Waals surface area contributed by atoms with E-state index >= 15 is 0 Å². The Balaban J connectivity index is 2.05. The van der Waals surface area contributed by atoms with Crippen LogP contribution < -0.4 is 11.1 Å². The molecule has 0 heterocycles. The zero-order valence-corrected chi connectivity index (χ0v) is 8.89. The predicted molar refractivity (Wildman–Crippen MR) is 57.8 cm³/mol. The SMILES string of the molecule is CCCCCN[C@@H]1CCCC[C@H]1N. The lowest BCUT2D eigenvalue weighted by atomic mass is 9.91. The van der Waals surface area contributed by atoms with Gasteiger partial charge >= 0.3 is 0 Å². The number of nitrogens with two attached hydrogens (primary N) is 1. The molecule has 1 aliphatic carbocycles. The Labute approximate surface area is 82.3 Å². The number of rotatable bonds is 5. The van der Waals surface area contributed by atoms with Gasteiger partial charge in [-0.3, -0.25) is 0 Å². The van der Waals surface area contributed by atoms with Crippen LogP contribution in [0.5, 0.6) is 0 Å². The quantitative estimate of drug-likeness (QED) is 0.642. The van der Waals surface area contributed by atoms with Gasteiger partial charge in [-0.1, -0.05) is 32.6 Å². The molecular formula is C11H24N2. The normalized spacial score (nSPS) is 29.1. The second-order valence-corrected chi connectivity index (χ2v) is 4.22. The van der Waals surface area contributed by atoms with E-state index in [1.807, 2.05) is 0 Å². The molecule has 78 valence electrons. The van der Waals surface area contributed by atoms with E-state index < -0.39 is 0 Å². The molecule has 0 radical (unpaired) electrons. The van der Waals surface area contributed by atoms with Crippen molar-refractivity contribution in [3.05, 3.63) is 0 Å². The van der Waals surface area contributed by atoms with Crippen LogP contribution in [0, 0.1) is 0 Å². The fraction of sp³-hybridized carbons (Fsp3) is 1.00. The molecule has 2 nitrogen and oxygen atoms in total. The molecule has 0 saturated heterocycles. The summed E-state index contributed by atoms with van der Waals surface area (Å²) in [5.74, 6) is 0. The average molecular weight is 184 g/mol. The molecule has 13 heavy (non-hydrogen) atoms. The second-order valence-electron chi connectivity index (χ2n) is 4.22. The van der Waals surface area contributed by atoms with Gasteiger partial charge in [0.05, 0.1) is 0 Å². The summed E-state index contributed by atoms with van der Waals surface area (Å²) in [6.45, 7) is 3.40. The molecule has 1 saturated carbocycles. The first-order valence-electron chi connectivity index (χ1n) is 5.83. The van der Waals surface area contributed by atoms with Gasteiger partial charge in [0.15, 0.2) is 0 Å². The highest BCUT2D eigenvalue weighted by molar-refractivity contribution is 4.83. The van der Waals surface area contributed by atoms with E-state index in [9.17, 15) is 0 Å². The molecule has 1 rings (SSSR count). The molecule has 0 bridgehead atoms. The predicted octanol–water partition coefficient (Wildman–Crippen LogP) is 2.04. The number of hydrogen-bond acceptors (Lipinski definition) is 2. The summed E-state index contributed by atoms with van der Waals surface area (Å²) >= 11 is 0. The fourth-order valence-electron chi connectivity index (χ4n) is 2.08. The summed E-state index contributed by atoms with van der Waals surface area (Å²) < 4.78 is 0. The van der Waals surface area contributed by atoms with E-state index in [0.717, 1.165) is 6.54 Å². The van der Waals surface area contributed by atoms with E-state index in [4.69, 9.17) is 5.73 Å². The van der Waals surface area contributed by atoms with Gasteiger partial charge in [0, 0.05) is 12.1 Å². The molecule has 0 aromatic heterocycles. The van der Waals surface area contributed by atoms with Crippen molar-refractivity contribution in [1.82, 2.24) is 5.32 Å². The summed E-state index contributed by atoms with van der Waals surface area (Å²) in [6.07, 6.45) is 9.14. The highest BCUT2D eigenvalue weighted by atomic mass is 14.9. The van der Waals surface area contributed by atoms with E-state index in [-0.39, 0.29) is 0 Å². The fourth-order valence-corrected chi connectivity index (χ4v) is 2.08. The van der Waals surface area contributed by atoms with Crippen LogP contribution >= 0.6 is 0 Å². The van der Waals surface area contributed by atoms with Gasteiger partial charge in [-0.15, -0.1) is 0 Å². The Morgan fingerprint density at radius 2 is 2.00 bits per heavy atom. The minimum absolute atomic E-state index is 0.412. The molecular weight excluding hydrogens is 160 g/mol. The van der Waals surface area contributed by atoms with E-state index in [2.05, 4.69) is 12.2 Å². The van der Waals surface area contributed by atoms with Crippen molar-refractivity contribution in [2.45, 2.75) is 64.0 Å². The summed E-state index contributed by atoms with van der Waals surface area (Å²) in [6, 6.07) is 1.01. The van der Waals surface area contributed by atoms with Crippen LogP contribution in [0.1, 0.15) is 51.9 Å². The van der Waals surface area contributed by atoms with Crippen LogP contribution in [0.2, 0.25) is 0 Å². The summed E-state index contributed by atoms with van der Waals surface area (Å²) in [4.78, 5) is 0. The maximum absolute atomic E-state index is 6.03. The standard InChI is InChI=1S/C11H24N2/c1-2-3-6-9-13-11-8-5-4-7-10(11)12/h10-11,13H,2-9,12H2,1H3/t10-,11-/m1/s1. The highest BCUT2D eigenvalue weighted by Gasteiger charge is 2.20. The minimum Gasteiger partial charge on any atom is -0.326 e. The van der Waals surface area contributed by atoms with E-state index in [0.29, 0.717) is 12.1 Å². The van der Waals surface area contributed by atoms with Gasteiger partial charge in [0.2, 0.25) is 0 Å². The van der Waals surface area contributed by atoms with Crippen LogP contribution in [-0.4, -0.2) is 18.6 Å². The molecule has 0 amide bonds. The first kappa shape index (κ1) is 11.0. The maximum Gasteiger partial charge on any atom is 0.0219 e. The lowest BCUT2D eigenvalue weighted by molar-refractivity contribution is 0.326. The number of hydrogen-bond donors (Lipinski definition) is 2. The van der Waals surface area contributed by atoms with E-state index in [1.54, 1.807) is 0 Å². The average Bonchev–Trinajstić information content (AvgIpc) is 2.15. The Kier molecular flexibility index (Phi) is 5.40. The van der Waals surface area contributed by atoms with Crippen LogP contribution in [0.15, 0.2) is 0 Å². The molecule has 1 fully saturated rings. The van der Waals surface area contributed by atoms with Crippen molar-refractivity contribution in [3.63, 3.8) is 0 Å². The van der Waals surface area contributed by atoms with Gasteiger partial charge in [-0.2, -0.15) is 0 Å². The Morgan fingerprint density at radius 1 is 1.23 bits per heavy atom. The molecule has 0 aromatic carbocycles. The third-order valence-corrected chi connectivity index (χ3v) is 3.01. The van der Waals surface area contributed by atoms with Gasteiger partial charge in [0.1, 0.15) is 0 Å². The van der Waals surface area contributed by atoms with Crippen molar-refractivity contribution in [2.24, 2.45) is 5.73 Å². The Hall–Kier alpha value is -0.0800. The first-order chi connectivity index (χ1) is 6.34. The topological polar surface area (TPSA) is 38.0 Å². The zero-order valence-electron chi connectivity index (χ0n) is 8.89. The molecule has 3 N–H and O–H groups in total. The zero-order chi connectivity index (χ0) is 9.52. The van der Waals surface area contributed by atoms with Crippen molar-refractivity contribution < 1.29 is 0 Å². The van der Waals surface area contributed by atoms with Crippen molar-refractivity contribution in [2.75, 3.05) is 6.54 Å². The molecule has 0 aliphatic heterocycles. The Bertz CT molecular complexity index is 125. The van der Waals surface area contributed by atoms with Crippen LogP contribution in [0.3, 0.4) is 0 Å². The van der Waals surface area contributed by atoms with Crippen LogP contribution in [0.25, 0.3) is 0 Å². The molecule has 2 atom stereocenters. The van der Waals surface area contributed by atoms with E-state index in [1.165, 1.54) is 44.9 Å². The third kappa shape index (κ3) is 4.10. The van der Waals surface area contributed by atoms with Crippen LogP contribution in [0.4, 0.5) is 0 Å². The third-order valence-electron chi connectivity index (χ3n) is 3.01. The molecule has 1 aliphatic rings. The molecule has 0 aromatic rings. The monoisotopic (exact) mass is 184 g/mol. The summed E-state index contributed by atoms with van der Waals surface area (Å²) in [7, 11) is 0. The van der Waals surface area contributed by atoms with Gasteiger partial charge in [-0.05, 0) is 25.8 Å². The van der Waals surface area contributed by atoms with Gasteiger partial charge in [-0.25, -0.2) is 0 Å². The smallest absolute Gasteiger partial charge is 0.0219 e. The van der Waals surface area contributed by atoms with Crippen molar-refractivity contribution in [1.29, 1.82) is 0 Å². The largest absolute Gasteiger partial charge is 0.326 e. The number of nitrogens with one attached hydrogen (secondary N) is 1.